The van der Waals surface area contributed by atoms with Crippen LogP contribution < -0.4 is 4.74 Å². The highest BCUT2D eigenvalue weighted by Crippen LogP contribution is 2.17. The predicted molar refractivity (Wildman–Crippen MR) is 86.8 cm³/mol. The summed E-state index contributed by atoms with van der Waals surface area (Å²) >= 11 is 1.73. The van der Waals surface area contributed by atoms with Crippen LogP contribution >= 0.6 is 11.3 Å². The molecule has 3 nitrogen and oxygen atoms in total. The van der Waals surface area contributed by atoms with E-state index in [4.69, 9.17) is 4.74 Å². The minimum absolute atomic E-state index is 0.0177. The Hall–Kier alpha value is -1.81. The lowest BCUT2D eigenvalue weighted by molar-refractivity contribution is -0.133. The molecule has 0 aliphatic rings. The van der Waals surface area contributed by atoms with Crippen molar-refractivity contribution in [3.05, 3.63) is 51.7 Å². The summed E-state index contributed by atoms with van der Waals surface area (Å²) in [4.78, 5) is 16.5. The molecule has 0 atom stereocenters. The number of carbonyl (C=O) groups is 1. The molecule has 4 heteroatoms. The molecular formula is C17H21NO2S. The van der Waals surface area contributed by atoms with Gasteiger partial charge in [0.2, 0.25) is 0 Å². The normalized spacial score (nSPS) is 10.4. The summed E-state index contributed by atoms with van der Waals surface area (Å²) in [5, 5.41) is 0. The van der Waals surface area contributed by atoms with Crippen LogP contribution in [0.4, 0.5) is 0 Å². The van der Waals surface area contributed by atoms with Gasteiger partial charge in [-0.25, -0.2) is 0 Å². The first-order chi connectivity index (χ1) is 10.1. The van der Waals surface area contributed by atoms with Crippen LogP contribution in [0.5, 0.6) is 5.75 Å². The zero-order chi connectivity index (χ0) is 15.2. The fourth-order valence-electron chi connectivity index (χ4n) is 2.01. The molecule has 0 spiro atoms. The number of hydrogen-bond acceptors (Lipinski definition) is 3. The summed E-state index contributed by atoms with van der Waals surface area (Å²) < 4.78 is 5.56. The van der Waals surface area contributed by atoms with E-state index in [9.17, 15) is 4.79 Å². The summed E-state index contributed by atoms with van der Waals surface area (Å²) in [5.41, 5.74) is 1.18. The summed E-state index contributed by atoms with van der Waals surface area (Å²) in [5.74, 6) is 0.751. The molecule has 0 aliphatic carbocycles. The molecule has 112 valence electrons. The Balaban J connectivity index is 1.89. The smallest absolute Gasteiger partial charge is 0.260 e. The minimum Gasteiger partial charge on any atom is -0.484 e. The van der Waals surface area contributed by atoms with Crippen molar-refractivity contribution in [3.63, 3.8) is 0 Å². The third-order valence-corrected chi connectivity index (χ3v) is 4.25. The molecule has 0 N–H and O–H groups in total. The summed E-state index contributed by atoms with van der Waals surface area (Å²) in [7, 11) is 0. The van der Waals surface area contributed by atoms with E-state index in [-0.39, 0.29) is 12.5 Å². The molecule has 1 amide bonds. The van der Waals surface area contributed by atoms with Crippen LogP contribution in [0.15, 0.2) is 36.4 Å². The van der Waals surface area contributed by atoms with Crippen LogP contribution in [0.3, 0.4) is 0 Å². The van der Waals surface area contributed by atoms with Crippen molar-refractivity contribution in [3.8, 4) is 5.75 Å². The van der Waals surface area contributed by atoms with Gasteiger partial charge in [-0.15, -0.1) is 11.3 Å². The fourth-order valence-corrected chi connectivity index (χ4v) is 2.91. The van der Waals surface area contributed by atoms with Crippen molar-refractivity contribution in [1.82, 2.24) is 4.90 Å². The number of amides is 1. The first-order valence-electron chi connectivity index (χ1n) is 7.11. The summed E-state index contributed by atoms with van der Waals surface area (Å²) in [6.07, 6.45) is 0. The van der Waals surface area contributed by atoms with Gasteiger partial charge in [0.1, 0.15) is 5.75 Å². The van der Waals surface area contributed by atoms with Crippen molar-refractivity contribution in [2.24, 2.45) is 0 Å². The zero-order valence-corrected chi connectivity index (χ0v) is 13.6. The Labute approximate surface area is 130 Å². The van der Waals surface area contributed by atoms with Crippen molar-refractivity contribution in [1.29, 1.82) is 0 Å². The average Bonchev–Trinajstić information content (AvgIpc) is 2.89. The van der Waals surface area contributed by atoms with Gasteiger partial charge in [0, 0.05) is 16.3 Å². The molecule has 0 unspecified atom stereocenters. The molecule has 0 bridgehead atoms. The number of nitrogens with zero attached hydrogens (tertiary/aromatic N) is 1. The van der Waals surface area contributed by atoms with E-state index in [1.165, 1.54) is 15.3 Å². The standard InChI is InChI=1S/C17H21NO2S/c1-4-18(11-16-10-7-14(3)21-16)17(19)12-20-15-8-5-13(2)6-9-15/h5-10H,4,11-12H2,1-3H3. The molecule has 0 saturated heterocycles. The van der Waals surface area contributed by atoms with Crippen LogP contribution in [0.2, 0.25) is 0 Å². The van der Waals surface area contributed by atoms with Gasteiger partial charge in [-0.3, -0.25) is 4.79 Å². The quantitative estimate of drug-likeness (QED) is 0.812. The molecule has 1 heterocycles. The second-order valence-electron chi connectivity index (χ2n) is 5.02. The highest BCUT2D eigenvalue weighted by Gasteiger charge is 2.13. The zero-order valence-electron chi connectivity index (χ0n) is 12.8. The maximum atomic E-state index is 12.2. The third kappa shape index (κ3) is 4.60. The first kappa shape index (κ1) is 15.6. The summed E-state index contributed by atoms with van der Waals surface area (Å²) in [6.45, 7) is 7.52. The van der Waals surface area contributed by atoms with E-state index >= 15 is 0 Å². The molecule has 21 heavy (non-hydrogen) atoms. The largest absolute Gasteiger partial charge is 0.484 e. The van der Waals surface area contributed by atoms with Gasteiger partial charge in [-0.2, -0.15) is 0 Å². The number of rotatable bonds is 6. The molecule has 0 fully saturated rings. The van der Waals surface area contributed by atoms with Crippen LogP contribution in [0.1, 0.15) is 22.2 Å². The van der Waals surface area contributed by atoms with Gasteiger partial charge in [0.05, 0.1) is 6.54 Å². The molecule has 2 rings (SSSR count). The van der Waals surface area contributed by atoms with Gasteiger partial charge in [0.25, 0.3) is 5.91 Å². The number of carbonyl (C=O) groups excluding carboxylic acids is 1. The Kier molecular flexibility index (Phi) is 5.39. The van der Waals surface area contributed by atoms with Gasteiger partial charge in [-0.05, 0) is 45.0 Å². The second kappa shape index (κ2) is 7.27. The van der Waals surface area contributed by atoms with Gasteiger partial charge < -0.3 is 9.64 Å². The van der Waals surface area contributed by atoms with E-state index in [1.54, 1.807) is 11.3 Å². The molecule has 0 radical (unpaired) electrons. The first-order valence-corrected chi connectivity index (χ1v) is 7.92. The van der Waals surface area contributed by atoms with Crippen molar-refractivity contribution < 1.29 is 9.53 Å². The number of ether oxygens (including phenoxy) is 1. The maximum Gasteiger partial charge on any atom is 0.260 e. The Bertz CT molecular complexity index is 589. The SMILES string of the molecule is CCN(Cc1ccc(C)s1)C(=O)COc1ccc(C)cc1. The van der Waals surface area contributed by atoms with E-state index in [0.29, 0.717) is 13.1 Å². The van der Waals surface area contributed by atoms with Crippen LogP contribution in [-0.4, -0.2) is 24.0 Å². The maximum absolute atomic E-state index is 12.2. The fraction of sp³-hybridized carbons (Fsp3) is 0.353. The number of hydrogen-bond donors (Lipinski definition) is 0. The monoisotopic (exact) mass is 303 g/mol. The highest BCUT2D eigenvalue weighted by molar-refractivity contribution is 7.11. The topological polar surface area (TPSA) is 29.5 Å². The average molecular weight is 303 g/mol. The van der Waals surface area contributed by atoms with Crippen LogP contribution in [0.25, 0.3) is 0 Å². The molecule has 1 aromatic heterocycles. The Morgan fingerprint density at radius 3 is 2.43 bits per heavy atom. The van der Waals surface area contributed by atoms with E-state index in [0.717, 1.165) is 5.75 Å². The summed E-state index contributed by atoms with van der Waals surface area (Å²) in [6, 6.07) is 11.9. The van der Waals surface area contributed by atoms with Crippen molar-refractivity contribution in [2.45, 2.75) is 27.3 Å². The molecular weight excluding hydrogens is 282 g/mol. The Morgan fingerprint density at radius 1 is 1.14 bits per heavy atom. The lowest BCUT2D eigenvalue weighted by atomic mass is 10.2. The molecule has 0 saturated carbocycles. The van der Waals surface area contributed by atoms with Crippen molar-refractivity contribution >= 4 is 17.2 Å². The van der Waals surface area contributed by atoms with Gasteiger partial charge in [-0.1, -0.05) is 17.7 Å². The van der Waals surface area contributed by atoms with Crippen LogP contribution in [0, 0.1) is 13.8 Å². The lowest BCUT2D eigenvalue weighted by Gasteiger charge is -2.20. The number of thiophene rings is 1. The second-order valence-corrected chi connectivity index (χ2v) is 6.39. The van der Waals surface area contributed by atoms with E-state index in [2.05, 4.69) is 19.1 Å². The van der Waals surface area contributed by atoms with E-state index in [1.807, 2.05) is 43.0 Å². The minimum atomic E-state index is 0.0177. The Morgan fingerprint density at radius 2 is 1.86 bits per heavy atom. The third-order valence-electron chi connectivity index (χ3n) is 3.26. The molecule has 2 aromatic rings. The number of likely N-dealkylation sites (N-methyl/N-ethyl adjacent to an activating group) is 1. The number of benzene rings is 1. The molecule has 0 aliphatic heterocycles. The van der Waals surface area contributed by atoms with Gasteiger partial charge in [0.15, 0.2) is 6.61 Å². The lowest BCUT2D eigenvalue weighted by Crippen LogP contribution is -2.34. The van der Waals surface area contributed by atoms with Crippen LogP contribution in [-0.2, 0) is 11.3 Å². The highest BCUT2D eigenvalue weighted by atomic mass is 32.1. The van der Waals surface area contributed by atoms with Crippen molar-refractivity contribution in [2.75, 3.05) is 13.2 Å². The molecule has 1 aromatic carbocycles. The van der Waals surface area contributed by atoms with Gasteiger partial charge >= 0.3 is 0 Å². The number of aryl methyl sites for hydroxylation is 2. The van der Waals surface area contributed by atoms with E-state index < -0.39 is 0 Å². The predicted octanol–water partition coefficient (Wildman–Crippen LogP) is 3.79.